The van der Waals surface area contributed by atoms with E-state index < -0.39 is 17.8 Å². The Bertz CT molecular complexity index is 863. The monoisotopic (exact) mass is 543 g/mol. The third-order valence-corrected chi connectivity index (χ3v) is 4.68. The van der Waals surface area contributed by atoms with Crippen molar-refractivity contribution in [1.82, 2.24) is 0 Å². The third kappa shape index (κ3) is 11.1. The van der Waals surface area contributed by atoms with Crippen molar-refractivity contribution in [1.29, 1.82) is 0 Å². The molecule has 0 bridgehead atoms. The maximum absolute atomic E-state index is 10.4. The SMILES string of the molecule is CC(C)(C)OC=O.CC[N-]c1ccc(OC)c2c1C1C=CC(O)CC1O2.C[N-]C(=O)OC(C)(C)C.[V+2]. The molecule has 0 fully saturated rings. The van der Waals surface area contributed by atoms with E-state index in [1.165, 1.54) is 7.05 Å². The second kappa shape index (κ2) is 15.0. The summed E-state index contributed by atoms with van der Waals surface area (Å²) in [5.41, 5.74) is 1.32. The van der Waals surface area contributed by atoms with E-state index in [2.05, 4.69) is 15.4 Å². The molecule has 9 nitrogen and oxygen atoms in total. The Hall–Kier alpha value is -2.36. The van der Waals surface area contributed by atoms with E-state index in [4.69, 9.17) is 14.2 Å². The number of carbonyl (C=O) groups excluding carboxylic acids is 2. The maximum Gasteiger partial charge on any atom is 2.00 e. The summed E-state index contributed by atoms with van der Waals surface area (Å²) in [6.07, 6.45) is 3.53. The Labute approximate surface area is 227 Å². The molecular weight excluding hydrogens is 503 g/mol. The van der Waals surface area contributed by atoms with E-state index in [1.54, 1.807) is 27.9 Å². The summed E-state index contributed by atoms with van der Waals surface area (Å²) in [6.45, 7) is 14.1. The minimum absolute atomic E-state index is 0. The molecule has 3 unspecified atom stereocenters. The predicted octanol–water partition coefficient (Wildman–Crippen LogP) is 5.77. The molecule has 1 aliphatic heterocycles. The fourth-order valence-corrected chi connectivity index (χ4v) is 3.32. The van der Waals surface area contributed by atoms with Crippen molar-refractivity contribution in [2.45, 2.75) is 84.2 Å². The molecule has 0 saturated heterocycles. The zero-order valence-electron chi connectivity index (χ0n) is 22.8. The Morgan fingerprint density at radius 1 is 1.17 bits per heavy atom. The first-order valence-electron chi connectivity index (χ1n) is 11.6. The molecular formula is C26H40N2O7V. The molecule has 0 aromatic heterocycles. The Morgan fingerprint density at radius 2 is 1.81 bits per heavy atom. The first-order valence-corrected chi connectivity index (χ1v) is 11.6. The maximum atomic E-state index is 10.4. The van der Waals surface area contributed by atoms with Gasteiger partial charge in [-0.05, 0) is 53.2 Å². The summed E-state index contributed by atoms with van der Waals surface area (Å²) in [6, 6.07) is 3.87. The van der Waals surface area contributed by atoms with Gasteiger partial charge in [0.05, 0.1) is 13.2 Å². The Morgan fingerprint density at radius 3 is 2.22 bits per heavy atom. The number of hydrogen-bond donors (Lipinski definition) is 1. The number of fused-ring (bicyclic) bond motifs is 3. The summed E-state index contributed by atoms with van der Waals surface area (Å²) in [5, 5.41) is 17.6. The third-order valence-electron chi connectivity index (χ3n) is 4.68. The summed E-state index contributed by atoms with van der Waals surface area (Å²) >= 11 is 0. The van der Waals surface area contributed by atoms with Crippen LogP contribution in [0.3, 0.4) is 0 Å². The van der Waals surface area contributed by atoms with Crippen LogP contribution < -0.4 is 9.47 Å². The van der Waals surface area contributed by atoms with E-state index in [1.807, 2.05) is 52.0 Å². The number of rotatable bonds is 4. The number of carbonyl (C=O) groups is 2. The van der Waals surface area contributed by atoms with Crippen LogP contribution in [-0.4, -0.2) is 61.8 Å². The van der Waals surface area contributed by atoms with E-state index in [9.17, 15) is 14.7 Å². The van der Waals surface area contributed by atoms with Crippen LogP contribution >= 0.6 is 0 Å². The summed E-state index contributed by atoms with van der Waals surface area (Å²) in [7, 11) is 3.05. The Balaban J connectivity index is 0.000000608. The van der Waals surface area contributed by atoms with Gasteiger partial charge in [0, 0.05) is 12.3 Å². The molecule has 1 heterocycles. The molecule has 36 heavy (non-hydrogen) atoms. The number of aliphatic hydroxyl groups is 1. The molecule has 10 heteroatoms. The number of benzene rings is 1. The first-order chi connectivity index (χ1) is 16.3. The van der Waals surface area contributed by atoms with Crippen molar-refractivity contribution in [3.63, 3.8) is 0 Å². The van der Waals surface area contributed by atoms with Gasteiger partial charge in [0.2, 0.25) is 6.09 Å². The summed E-state index contributed by atoms with van der Waals surface area (Å²) in [5.74, 6) is 1.69. The van der Waals surface area contributed by atoms with E-state index in [0.29, 0.717) is 12.9 Å². The number of amides is 1. The van der Waals surface area contributed by atoms with Gasteiger partial charge in [0.15, 0.2) is 11.5 Å². The van der Waals surface area contributed by atoms with Crippen LogP contribution in [0.2, 0.25) is 0 Å². The standard InChI is InChI=1S/C15H18NO3.C6H13NO2.C5H10O2.V/c1-3-16-11-6-7-12(18-2)15-14(11)10-5-4-9(17)8-13(10)19-15;1-6(2,3)9-5(8)7-4;1-5(2,3)7-4-6;/h4-7,9-10,13,17H,3,8H2,1-2H3;1-4H3,(H,7,8);4H,1-3H3;/q-1;;;+2/p-1. The van der Waals surface area contributed by atoms with Crippen molar-refractivity contribution in [3.8, 4) is 11.5 Å². The fraction of sp³-hybridized carbons (Fsp3) is 0.615. The molecule has 1 radical (unpaired) electrons. The van der Waals surface area contributed by atoms with Crippen LogP contribution in [0.1, 0.15) is 66.4 Å². The van der Waals surface area contributed by atoms with Crippen LogP contribution in [-0.2, 0) is 32.8 Å². The normalized spacial score (nSPS) is 19.2. The Kier molecular flexibility index (Phi) is 14.0. The second-order valence-corrected chi connectivity index (χ2v) is 9.90. The van der Waals surface area contributed by atoms with Crippen molar-refractivity contribution in [2.75, 3.05) is 20.7 Å². The number of aliphatic hydroxyl groups excluding tert-OH is 1. The van der Waals surface area contributed by atoms with Gasteiger partial charge >= 0.3 is 18.6 Å². The van der Waals surface area contributed by atoms with Crippen LogP contribution in [0.4, 0.5) is 10.5 Å². The molecule has 1 N–H and O–H groups in total. The van der Waals surface area contributed by atoms with Crippen LogP contribution in [0.25, 0.3) is 10.6 Å². The van der Waals surface area contributed by atoms with Gasteiger partial charge in [-0.1, -0.05) is 25.1 Å². The zero-order chi connectivity index (χ0) is 26.8. The second-order valence-electron chi connectivity index (χ2n) is 9.90. The first kappa shape index (κ1) is 33.6. The molecule has 201 valence electrons. The predicted molar refractivity (Wildman–Crippen MR) is 136 cm³/mol. The number of hydrogen-bond acceptors (Lipinski definition) is 7. The number of methoxy groups -OCH3 is 1. The van der Waals surface area contributed by atoms with Gasteiger partial charge in [-0.2, -0.15) is 0 Å². The molecule has 3 rings (SSSR count). The van der Waals surface area contributed by atoms with E-state index >= 15 is 0 Å². The number of nitrogens with zero attached hydrogens (tertiary/aromatic N) is 2. The summed E-state index contributed by atoms with van der Waals surface area (Å²) in [4.78, 5) is 20.0. The summed E-state index contributed by atoms with van der Waals surface area (Å²) < 4.78 is 20.7. The average molecular weight is 544 g/mol. The average Bonchev–Trinajstić information content (AvgIpc) is 3.12. The topological polar surface area (TPSA) is 119 Å². The molecule has 1 aromatic carbocycles. The van der Waals surface area contributed by atoms with Gasteiger partial charge in [0.25, 0.3) is 6.47 Å². The molecule has 1 aliphatic carbocycles. The van der Waals surface area contributed by atoms with Crippen LogP contribution in [0.5, 0.6) is 11.5 Å². The van der Waals surface area contributed by atoms with E-state index in [-0.39, 0.29) is 36.2 Å². The minimum Gasteiger partial charge on any atom is -0.684 e. The van der Waals surface area contributed by atoms with Gasteiger partial charge in [0.1, 0.15) is 17.3 Å². The van der Waals surface area contributed by atoms with Gasteiger partial charge in [-0.25, -0.2) is 0 Å². The van der Waals surface area contributed by atoms with Crippen LogP contribution in [0, 0.1) is 0 Å². The van der Waals surface area contributed by atoms with Crippen molar-refractivity contribution in [2.24, 2.45) is 0 Å². The molecule has 2 aliphatic rings. The van der Waals surface area contributed by atoms with Crippen LogP contribution in [0.15, 0.2) is 24.3 Å². The van der Waals surface area contributed by atoms with Crippen molar-refractivity contribution in [3.05, 3.63) is 40.5 Å². The molecule has 1 aromatic rings. The van der Waals surface area contributed by atoms with Gasteiger partial charge < -0.3 is 34.7 Å². The molecule has 0 saturated carbocycles. The quantitative estimate of drug-likeness (QED) is 0.378. The van der Waals surface area contributed by atoms with Crippen molar-refractivity contribution >= 4 is 18.3 Å². The molecule has 0 spiro atoms. The molecule has 3 atom stereocenters. The minimum atomic E-state index is -0.512. The van der Waals surface area contributed by atoms with Gasteiger partial charge in [-0.3, -0.25) is 9.59 Å². The zero-order valence-corrected chi connectivity index (χ0v) is 24.2. The smallest absolute Gasteiger partial charge is 0.684 e. The van der Waals surface area contributed by atoms with Gasteiger partial charge in [-0.15, -0.1) is 19.3 Å². The molecule has 1 amide bonds. The number of ether oxygens (including phenoxy) is 4. The largest absolute Gasteiger partial charge is 2.00 e. The van der Waals surface area contributed by atoms with E-state index in [0.717, 1.165) is 29.3 Å². The fourth-order valence-electron chi connectivity index (χ4n) is 3.32. The van der Waals surface area contributed by atoms with Crippen molar-refractivity contribution < 1.29 is 52.2 Å².